The number of hydrogen-bond acceptors (Lipinski definition) is 4. The van der Waals surface area contributed by atoms with Crippen molar-refractivity contribution in [1.82, 2.24) is 14.8 Å². The van der Waals surface area contributed by atoms with Crippen LogP contribution in [-0.2, 0) is 0 Å². The number of aromatic nitrogens is 3. The molecule has 0 bridgehead atoms. The monoisotopic (exact) mass is 251 g/mol. The zero-order chi connectivity index (χ0) is 12.3. The van der Waals surface area contributed by atoms with Gasteiger partial charge >= 0.3 is 0 Å². The molecule has 2 aromatic rings. The maximum Gasteiger partial charge on any atom is 0.244 e. The van der Waals surface area contributed by atoms with Gasteiger partial charge in [-0.2, -0.15) is 9.67 Å². The first-order chi connectivity index (χ1) is 8.22. The molecule has 90 valence electrons. The minimum absolute atomic E-state index is 0.316. The Morgan fingerprint density at radius 2 is 2.18 bits per heavy atom. The van der Waals surface area contributed by atoms with E-state index in [0.717, 1.165) is 18.7 Å². The van der Waals surface area contributed by atoms with Crippen molar-refractivity contribution < 1.29 is 0 Å². The molecule has 0 radical (unpaired) electrons. The van der Waals surface area contributed by atoms with E-state index in [1.165, 1.54) is 4.68 Å². The summed E-state index contributed by atoms with van der Waals surface area (Å²) in [7, 11) is 0. The average molecular weight is 252 g/mol. The SMILES string of the molecule is CCCNc1nc(N)n(-c2ccccc2Cl)n1. The molecule has 0 spiro atoms. The van der Waals surface area contributed by atoms with Crippen LogP contribution in [0.2, 0.25) is 5.02 Å². The Morgan fingerprint density at radius 3 is 2.88 bits per heavy atom. The lowest BCUT2D eigenvalue weighted by Gasteiger charge is -2.03. The maximum absolute atomic E-state index is 6.08. The van der Waals surface area contributed by atoms with Crippen molar-refractivity contribution >= 4 is 23.5 Å². The zero-order valence-electron chi connectivity index (χ0n) is 9.52. The summed E-state index contributed by atoms with van der Waals surface area (Å²) in [5, 5.41) is 7.93. The second kappa shape index (κ2) is 5.05. The molecule has 1 aromatic heterocycles. The number of nitrogens with one attached hydrogen (secondary N) is 1. The van der Waals surface area contributed by atoms with Crippen LogP contribution in [0.1, 0.15) is 13.3 Å². The number of rotatable bonds is 4. The summed E-state index contributed by atoms with van der Waals surface area (Å²) in [6, 6.07) is 7.37. The molecule has 0 saturated carbocycles. The second-order valence-corrected chi connectivity index (χ2v) is 3.99. The first-order valence-electron chi connectivity index (χ1n) is 5.43. The highest BCUT2D eigenvalue weighted by Gasteiger charge is 2.10. The molecule has 0 unspecified atom stereocenters. The van der Waals surface area contributed by atoms with Gasteiger partial charge in [0.2, 0.25) is 11.9 Å². The van der Waals surface area contributed by atoms with Gasteiger partial charge in [0.1, 0.15) is 0 Å². The Balaban J connectivity index is 2.33. The highest BCUT2D eigenvalue weighted by molar-refractivity contribution is 6.32. The van der Waals surface area contributed by atoms with E-state index >= 15 is 0 Å². The Hall–Kier alpha value is -1.75. The second-order valence-electron chi connectivity index (χ2n) is 3.58. The first-order valence-corrected chi connectivity index (χ1v) is 5.81. The third-order valence-corrected chi connectivity index (χ3v) is 2.57. The van der Waals surface area contributed by atoms with Crippen LogP contribution in [0.3, 0.4) is 0 Å². The van der Waals surface area contributed by atoms with Crippen molar-refractivity contribution in [2.75, 3.05) is 17.6 Å². The summed E-state index contributed by atoms with van der Waals surface area (Å²) in [5.74, 6) is 0.834. The van der Waals surface area contributed by atoms with Crippen LogP contribution in [0.4, 0.5) is 11.9 Å². The van der Waals surface area contributed by atoms with E-state index in [0.29, 0.717) is 16.9 Å². The molecular formula is C11H14ClN5. The highest BCUT2D eigenvalue weighted by atomic mass is 35.5. The van der Waals surface area contributed by atoms with Gasteiger partial charge in [0.25, 0.3) is 0 Å². The highest BCUT2D eigenvalue weighted by Crippen LogP contribution is 2.21. The summed E-state index contributed by atoms with van der Waals surface area (Å²) >= 11 is 6.08. The molecule has 0 atom stereocenters. The normalized spacial score (nSPS) is 10.5. The molecule has 5 nitrogen and oxygen atoms in total. The van der Waals surface area contributed by atoms with E-state index in [9.17, 15) is 0 Å². The molecule has 17 heavy (non-hydrogen) atoms. The van der Waals surface area contributed by atoms with Gasteiger partial charge in [0.15, 0.2) is 0 Å². The van der Waals surface area contributed by atoms with Crippen LogP contribution in [0.5, 0.6) is 0 Å². The standard InChI is InChI=1S/C11H14ClN5/c1-2-7-14-11-15-10(13)17(16-11)9-6-4-3-5-8(9)12/h3-6H,2,7H2,1H3,(H3,13,14,15,16). The van der Waals surface area contributed by atoms with Crippen LogP contribution in [-0.4, -0.2) is 21.3 Å². The van der Waals surface area contributed by atoms with Crippen molar-refractivity contribution in [3.8, 4) is 5.69 Å². The van der Waals surface area contributed by atoms with Crippen molar-refractivity contribution in [1.29, 1.82) is 0 Å². The largest absolute Gasteiger partial charge is 0.368 e. The number of halogens is 1. The summed E-state index contributed by atoms with van der Waals surface area (Å²) in [5.41, 5.74) is 6.53. The summed E-state index contributed by atoms with van der Waals surface area (Å²) < 4.78 is 1.53. The minimum atomic E-state index is 0.316. The lowest BCUT2D eigenvalue weighted by molar-refractivity contribution is 0.880. The maximum atomic E-state index is 6.08. The third kappa shape index (κ3) is 2.50. The lowest BCUT2D eigenvalue weighted by atomic mass is 10.3. The summed E-state index contributed by atoms with van der Waals surface area (Å²) in [6.07, 6.45) is 1.00. The van der Waals surface area contributed by atoms with Gasteiger partial charge < -0.3 is 11.1 Å². The zero-order valence-corrected chi connectivity index (χ0v) is 10.3. The molecule has 0 amide bonds. The van der Waals surface area contributed by atoms with Gasteiger partial charge in [-0.05, 0) is 18.6 Å². The molecule has 0 fully saturated rings. The van der Waals surface area contributed by atoms with Crippen LogP contribution in [0.25, 0.3) is 5.69 Å². The lowest BCUT2D eigenvalue weighted by Crippen LogP contribution is -2.04. The molecule has 3 N–H and O–H groups in total. The topological polar surface area (TPSA) is 68.8 Å². The predicted molar refractivity (Wildman–Crippen MR) is 69.6 cm³/mol. The van der Waals surface area contributed by atoms with Crippen LogP contribution >= 0.6 is 11.6 Å². The predicted octanol–water partition coefficient (Wildman–Crippen LogP) is 2.32. The van der Waals surface area contributed by atoms with Gasteiger partial charge in [0, 0.05) is 6.54 Å². The molecule has 0 aliphatic heterocycles. The Morgan fingerprint density at radius 1 is 1.41 bits per heavy atom. The first kappa shape index (κ1) is 11.7. The molecule has 6 heteroatoms. The number of nitrogens with zero attached hydrogens (tertiary/aromatic N) is 3. The number of para-hydroxylation sites is 1. The Labute approximate surface area is 105 Å². The fourth-order valence-corrected chi connectivity index (χ4v) is 1.65. The van der Waals surface area contributed by atoms with Crippen molar-refractivity contribution in [3.63, 3.8) is 0 Å². The van der Waals surface area contributed by atoms with E-state index in [1.54, 1.807) is 6.07 Å². The van der Waals surface area contributed by atoms with Gasteiger partial charge in [-0.1, -0.05) is 30.7 Å². The fourth-order valence-electron chi connectivity index (χ4n) is 1.44. The molecule has 0 aliphatic carbocycles. The van der Waals surface area contributed by atoms with Crippen LogP contribution in [0, 0.1) is 0 Å². The van der Waals surface area contributed by atoms with Crippen molar-refractivity contribution in [2.45, 2.75) is 13.3 Å². The summed E-state index contributed by atoms with van der Waals surface area (Å²) in [6.45, 7) is 2.88. The smallest absolute Gasteiger partial charge is 0.244 e. The van der Waals surface area contributed by atoms with E-state index in [2.05, 4.69) is 22.3 Å². The van der Waals surface area contributed by atoms with Crippen molar-refractivity contribution in [3.05, 3.63) is 29.3 Å². The average Bonchev–Trinajstić information content (AvgIpc) is 2.68. The van der Waals surface area contributed by atoms with Gasteiger partial charge in [-0.3, -0.25) is 0 Å². The van der Waals surface area contributed by atoms with Crippen molar-refractivity contribution in [2.24, 2.45) is 0 Å². The van der Waals surface area contributed by atoms with E-state index in [-0.39, 0.29) is 0 Å². The Kier molecular flexibility index (Phi) is 3.49. The molecule has 1 aromatic carbocycles. The van der Waals surface area contributed by atoms with Gasteiger partial charge in [-0.15, -0.1) is 5.10 Å². The van der Waals surface area contributed by atoms with E-state index in [1.807, 2.05) is 18.2 Å². The molecular weight excluding hydrogens is 238 g/mol. The number of anilines is 2. The Bertz CT molecular complexity index is 508. The number of benzene rings is 1. The minimum Gasteiger partial charge on any atom is -0.368 e. The quantitative estimate of drug-likeness (QED) is 0.875. The number of nitrogen functional groups attached to an aromatic ring is 1. The van der Waals surface area contributed by atoms with Crippen LogP contribution < -0.4 is 11.1 Å². The van der Waals surface area contributed by atoms with E-state index < -0.39 is 0 Å². The molecule has 1 heterocycles. The fraction of sp³-hybridized carbons (Fsp3) is 0.273. The summed E-state index contributed by atoms with van der Waals surface area (Å²) in [4.78, 5) is 4.13. The van der Waals surface area contributed by atoms with Gasteiger partial charge in [0.05, 0.1) is 10.7 Å². The molecule has 2 rings (SSSR count). The number of hydrogen-bond donors (Lipinski definition) is 2. The third-order valence-electron chi connectivity index (χ3n) is 2.25. The van der Waals surface area contributed by atoms with E-state index in [4.69, 9.17) is 17.3 Å². The molecule has 0 aliphatic rings. The van der Waals surface area contributed by atoms with Gasteiger partial charge in [-0.25, -0.2) is 0 Å². The number of nitrogens with two attached hydrogens (primary N) is 1. The van der Waals surface area contributed by atoms with Crippen LogP contribution in [0.15, 0.2) is 24.3 Å². The molecule has 0 saturated heterocycles.